The van der Waals surface area contributed by atoms with Gasteiger partial charge in [-0.15, -0.1) is 4.37 Å². The number of nitrogens with one attached hydrogen (secondary N) is 1. The number of quaternary nitrogens is 1. The first kappa shape index (κ1) is 23.2. The number of carbonyl (C=O) groups is 2. The van der Waals surface area contributed by atoms with Crippen LogP contribution >= 0.6 is 11.7 Å². The van der Waals surface area contributed by atoms with Crippen LogP contribution in [0.4, 0.5) is 25.4 Å². The van der Waals surface area contributed by atoms with Crippen LogP contribution in [0.15, 0.2) is 24.4 Å². The van der Waals surface area contributed by atoms with Gasteiger partial charge in [-0.3, -0.25) is 0 Å². The first-order valence-electron chi connectivity index (χ1n) is 10.7. The predicted molar refractivity (Wildman–Crippen MR) is 120 cm³/mol. The molecule has 33 heavy (non-hydrogen) atoms. The summed E-state index contributed by atoms with van der Waals surface area (Å²) in [5.41, 5.74) is 0.256. The normalized spacial score (nSPS) is 22.8. The quantitative estimate of drug-likeness (QED) is 0.629. The fourth-order valence-electron chi connectivity index (χ4n) is 3.92. The molecule has 10 nitrogen and oxygen atoms in total. The first-order chi connectivity index (χ1) is 15.7. The lowest BCUT2D eigenvalue weighted by Gasteiger charge is -2.28. The van der Waals surface area contributed by atoms with Gasteiger partial charge in [0.1, 0.15) is 30.6 Å². The molecule has 2 atom stereocenters. The van der Waals surface area contributed by atoms with Crippen LogP contribution in [0.5, 0.6) is 5.88 Å². The second-order valence-electron chi connectivity index (χ2n) is 9.04. The molecule has 12 heteroatoms. The van der Waals surface area contributed by atoms with Crippen molar-refractivity contribution in [3.8, 4) is 5.88 Å². The van der Waals surface area contributed by atoms with Gasteiger partial charge in [0.25, 0.3) is 0 Å². The Kier molecular flexibility index (Phi) is 6.39. The van der Waals surface area contributed by atoms with Crippen LogP contribution in [0, 0.1) is 5.82 Å². The minimum atomic E-state index is -0.584. The van der Waals surface area contributed by atoms with E-state index in [1.807, 2.05) is 4.90 Å². The number of ether oxygens (including phenoxy) is 3. The maximum atomic E-state index is 15.2. The van der Waals surface area contributed by atoms with E-state index in [-0.39, 0.29) is 23.9 Å². The van der Waals surface area contributed by atoms with Crippen LogP contribution in [-0.2, 0) is 9.47 Å². The summed E-state index contributed by atoms with van der Waals surface area (Å²) in [6, 6.07) is 4.56. The number of anilines is 1. The van der Waals surface area contributed by atoms with Gasteiger partial charge < -0.3 is 24.4 Å². The predicted octanol–water partition coefficient (Wildman–Crippen LogP) is 3.27. The van der Waals surface area contributed by atoms with Crippen molar-refractivity contribution in [1.29, 1.82) is 0 Å². The maximum absolute atomic E-state index is 15.2. The third kappa shape index (κ3) is 5.17. The highest BCUT2D eigenvalue weighted by Crippen LogP contribution is 2.33. The fourth-order valence-corrected chi connectivity index (χ4v) is 4.28. The van der Waals surface area contributed by atoms with E-state index in [1.54, 1.807) is 32.9 Å². The van der Waals surface area contributed by atoms with E-state index < -0.39 is 23.6 Å². The minimum Gasteiger partial charge on any atom is -0.444 e. The van der Waals surface area contributed by atoms with Gasteiger partial charge in [-0.1, -0.05) is 0 Å². The second-order valence-corrected chi connectivity index (χ2v) is 9.60. The summed E-state index contributed by atoms with van der Waals surface area (Å²) < 4.78 is 38.9. The molecule has 3 heterocycles. The molecule has 4 rings (SSSR count). The summed E-state index contributed by atoms with van der Waals surface area (Å²) in [6.45, 7) is 6.90. The highest BCUT2D eigenvalue weighted by molar-refractivity contribution is 6.99. The molecule has 2 saturated heterocycles. The third-order valence-corrected chi connectivity index (χ3v) is 5.96. The van der Waals surface area contributed by atoms with Crippen molar-refractivity contribution in [2.75, 3.05) is 37.9 Å². The molecule has 0 aliphatic carbocycles. The Balaban J connectivity index is 1.46. The van der Waals surface area contributed by atoms with Crippen molar-refractivity contribution in [2.45, 2.75) is 38.8 Å². The number of alkyl carbamates (subject to hydrolysis) is 1. The van der Waals surface area contributed by atoms with Crippen LogP contribution in [-0.4, -0.2) is 65.5 Å². The van der Waals surface area contributed by atoms with Crippen molar-refractivity contribution >= 4 is 35.3 Å². The Bertz CT molecular complexity index is 1010. The Morgan fingerprint density at radius 1 is 1.42 bits per heavy atom. The van der Waals surface area contributed by atoms with Crippen molar-refractivity contribution in [3.05, 3.63) is 30.2 Å². The Labute approximate surface area is 195 Å². The van der Waals surface area contributed by atoms with Crippen LogP contribution in [0.3, 0.4) is 0 Å². The lowest BCUT2D eigenvalue weighted by Crippen LogP contribution is -2.52. The van der Waals surface area contributed by atoms with E-state index in [2.05, 4.69) is 14.1 Å². The van der Waals surface area contributed by atoms with Gasteiger partial charge in [-0.05, 0) is 33.3 Å². The van der Waals surface area contributed by atoms with Gasteiger partial charge in [0, 0.05) is 25.2 Å². The molecule has 2 aliphatic heterocycles. The number of cyclic esters (lactones) is 1. The number of hydrogen-bond donors (Lipinski definition) is 1. The van der Waals surface area contributed by atoms with Crippen molar-refractivity contribution in [1.82, 2.24) is 18.5 Å². The number of benzene rings is 1. The Morgan fingerprint density at radius 3 is 2.88 bits per heavy atom. The summed E-state index contributed by atoms with van der Waals surface area (Å²) >= 11 is 0.995. The Hall–Kier alpha value is -2.99. The molecule has 0 bridgehead atoms. The smallest absolute Gasteiger partial charge is 0.444 e. The minimum absolute atomic E-state index is 0.0748. The molecule has 0 radical (unpaired) electrons. The monoisotopic (exact) mass is 480 g/mol. The molecular formula is C21H27FN5O5S+. The summed E-state index contributed by atoms with van der Waals surface area (Å²) in [5, 5.41) is 2.84. The van der Waals surface area contributed by atoms with Gasteiger partial charge in [0.15, 0.2) is 5.82 Å². The van der Waals surface area contributed by atoms with E-state index >= 15 is 4.39 Å². The number of nitrogens with zero attached hydrogens (tertiary/aromatic N) is 4. The maximum Gasteiger partial charge on any atom is 0.524 e. The molecule has 178 valence electrons. The van der Waals surface area contributed by atoms with Crippen molar-refractivity contribution < 1.29 is 28.2 Å². The molecule has 0 saturated carbocycles. The summed E-state index contributed by atoms with van der Waals surface area (Å²) in [6.07, 6.45) is 1.14. The molecule has 1 aromatic heterocycles. The molecule has 2 fully saturated rings. The van der Waals surface area contributed by atoms with E-state index in [4.69, 9.17) is 14.2 Å². The van der Waals surface area contributed by atoms with E-state index in [9.17, 15) is 9.59 Å². The molecule has 2 amide bonds. The first-order valence-corrected chi connectivity index (χ1v) is 11.4. The standard InChI is InChI=1S/C21H26FN5O5S/c1-21(2,3)32-19(28)24-14-6-7-26(12-14)17-5-4-15(10-16(17)22)27(8-9-30-20(27)29)13-31-18-11-23-33-25-18/h4-5,10-11,14H,6-9,12-13H2,1-3H3/p+1/t14-,27?/m0/s1. The SMILES string of the molecule is CC(C)(C)OC(=O)N[C@H]1CCN(c2ccc([N+]3(COc4cnsn4)CCOC3=O)cc2F)C1. The third-order valence-electron chi connectivity index (χ3n) is 5.50. The van der Waals surface area contributed by atoms with E-state index in [0.29, 0.717) is 43.3 Å². The van der Waals surface area contributed by atoms with Gasteiger partial charge >= 0.3 is 12.2 Å². The van der Waals surface area contributed by atoms with Crippen LogP contribution < -0.4 is 19.4 Å². The molecule has 1 unspecified atom stereocenters. The van der Waals surface area contributed by atoms with Crippen molar-refractivity contribution in [3.63, 3.8) is 0 Å². The highest BCUT2D eigenvalue weighted by Gasteiger charge is 2.48. The topological polar surface area (TPSA) is 103 Å². The van der Waals surface area contributed by atoms with Crippen LogP contribution in [0.2, 0.25) is 0 Å². The lowest BCUT2D eigenvalue weighted by atomic mass is 10.2. The lowest BCUT2D eigenvalue weighted by molar-refractivity contribution is 0.0509. The van der Waals surface area contributed by atoms with Crippen LogP contribution in [0.1, 0.15) is 27.2 Å². The van der Waals surface area contributed by atoms with Gasteiger partial charge in [0.05, 0.1) is 23.5 Å². The highest BCUT2D eigenvalue weighted by atomic mass is 32.1. The number of rotatable bonds is 6. The van der Waals surface area contributed by atoms with Crippen LogP contribution in [0.25, 0.3) is 0 Å². The molecular weight excluding hydrogens is 453 g/mol. The summed E-state index contributed by atoms with van der Waals surface area (Å²) in [4.78, 5) is 26.5. The number of hydrogen-bond acceptors (Lipinski definition) is 9. The molecule has 1 aromatic carbocycles. The van der Waals surface area contributed by atoms with E-state index in [0.717, 1.165) is 11.7 Å². The average Bonchev–Trinajstić information content (AvgIpc) is 3.47. The second kappa shape index (κ2) is 9.10. The average molecular weight is 481 g/mol. The number of amides is 2. The zero-order chi connectivity index (χ0) is 23.6. The van der Waals surface area contributed by atoms with Gasteiger partial charge in [0.2, 0.25) is 12.6 Å². The zero-order valence-electron chi connectivity index (χ0n) is 18.7. The van der Waals surface area contributed by atoms with E-state index in [1.165, 1.54) is 12.3 Å². The molecule has 1 N–H and O–H groups in total. The number of carbonyl (C=O) groups excluding carboxylic acids is 2. The van der Waals surface area contributed by atoms with Gasteiger partial charge in [-0.2, -0.15) is 13.7 Å². The summed E-state index contributed by atoms with van der Waals surface area (Å²) in [7, 11) is 0. The molecule has 0 spiro atoms. The zero-order valence-corrected chi connectivity index (χ0v) is 19.6. The molecule has 2 aromatic rings. The number of aromatic nitrogens is 2. The van der Waals surface area contributed by atoms with Crippen molar-refractivity contribution in [2.24, 2.45) is 0 Å². The fraction of sp³-hybridized carbons (Fsp3) is 0.524. The largest absolute Gasteiger partial charge is 0.524 e. The van der Waals surface area contributed by atoms with Gasteiger partial charge in [-0.25, -0.2) is 9.18 Å². The molecule has 2 aliphatic rings. The summed E-state index contributed by atoms with van der Waals surface area (Å²) in [5.74, 6) is -0.159. The number of halogens is 1. The Morgan fingerprint density at radius 2 is 2.24 bits per heavy atom.